The van der Waals surface area contributed by atoms with Gasteiger partial charge in [0.2, 0.25) is 0 Å². The summed E-state index contributed by atoms with van der Waals surface area (Å²) < 4.78 is 1.72. The van der Waals surface area contributed by atoms with Crippen molar-refractivity contribution < 1.29 is 15.0 Å². The highest BCUT2D eigenvalue weighted by molar-refractivity contribution is 6.02. The van der Waals surface area contributed by atoms with E-state index in [0.717, 1.165) is 35.5 Å². The molecule has 7 heteroatoms. The summed E-state index contributed by atoms with van der Waals surface area (Å²) in [5.41, 5.74) is 9.82. The van der Waals surface area contributed by atoms with Crippen molar-refractivity contribution in [2.24, 2.45) is 11.7 Å². The second-order valence-electron chi connectivity index (χ2n) is 7.34. The van der Waals surface area contributed by atoms with Crippen molar-refractivity contribution in [3.05, 3.63) is 53.9 Å². The van der Waals surface area contributed by atoms with Crippen molar-refractivity contribution in [1.29, 1.82) is 0 Å². The second-order valence-corrected chi connectivity index (χ2v) is 7.34. The van der Waals surface area contributed by atoms with Gasteiger partial charge in [-0.3, -0.25) is 4.79 Å². The number of anilines is 1. The van der Waals surface area contributed by atoms with Gasteiger partial charge in [-0.15, -0.1) is 0 Å². The molecule has 0 spiro atoms. The lowest BCUT2D eigenvalue weighted by Crippen LogP contribution is -2.17. The third-order valence-corrected chi connectivity index (χ3v) is 5.23. The molecule has 1 unspecified atom stereocenters. The Bertz CT molecular complexity index is 1010. The average Bonchev–Trinajstić information content (AvgIpc) is 3.42. The highest BCUT2D eigenvalue weighted by Crippen LogP contribution is 2.33. The Morgan fingerprint density at radius 1 is 1.32 bits per heavy atom. The second kappa shape index (κ2) is 7.61. The summed E-state index contributed by atoms with van der Waals surface area (Å²) >= 11 is 0. The third-order valence-electron chi connectivity index (χ3n) is 5.23. The fraction of sp³-hybridized carbons (Fsp3) is 0.333. The smallest absolute Gasteiger partial charge is 0.252 e. The molecule has 5 N–H and O–H groups in total. The minimum Gasteiger partial charge on any atom is -0.393 e. The number of rotatable bonds is 8. The Hall–Kier alpha value is -2.90. The first-order valence-electron chi connectivity index (χ1n) is 9.51. The number of nitrogens with one attached hydrogen (secondary N) is 1. The topological polar surface area (TPSA) is 113 Å². The van der Waals surface area contributed by atoms with Crippen LogP contribution in [-0.4, -0.2) is 38.9 Å². The fourth-order valence-electron chi connectivity index (χ4n) is 3.43. The highest BCUT2D eigenvalue weighted by Gasteiger charge is 2.21. The van der Waals surface area contributed by atoms with Gasteiger partial charge in [-0.25, -0.2) is 4.52 Å². The van der Waals surface area contributed by atoms with E-state index in [1.165, 1.54) is 19.0 Å². The molecule has 0 radical (unpaired) electrons. The van der Waals surface area contributed by atoms with Crippen molar-refractivity contribution >= 4 is 17.1 Å². The minimum absolute atomic E-state index is 0.334. The molecule has 1 fully saturated rings. The molecule has 1 aliphatic rings. The molecule has 1 atom stereocenters. The van der Waals surface area contributed by atoms with E-state index in [2.05, 4.69) is 10.4 Å². The van der Waals surface area contributed by atoms with Crippen molar-refractivity contribution in [2.45, 2.75) is 25.4 Å². The summed E-state index contributed by atoms with van der Waals surface area (Å²) in [5, 5.41) is 26.8. The maximum atomic E-state index is 11.9. The Morgan fingerprint density at radius 2 is 2.14 bits per heavy atom. The fourth-order valence-corrected chi connectivity index (χ4v) is 3.43. The van der Waals surface area contributed by atoms with E-state index in [4.69, 9.17) is 5.73 Å². The quantitative estimate of drug-likeness (QED) is 0.479. The van der Waals surface area contributed by atoms with Gasteiger partial charge in [0.05, 0.1) is 29.6 Å². The van der Waals surface area contributed by atoms with Gasteiger partial charge >= 0.3 is 0 Å². The summed E-state index contributed by atoms with van der Waals surface area (Å²) in [5.74, 6) is 0.269. The molecule has 0 saturated heterocycles. The lowest BCUT2D eigenvalue weighted by atomic mass is 10.0. The number of fused-ring (bicyclic) bond motifs is 1. The van der Waals surface area contributed by atoms with Gasteiger partial charge in [0, 0.05) is 18.3 Å². The largest absolute Gasteiger partial charge is 0.393 e. The molecule has 1 aromatic carbocycles. The van der Waals surface area contributed by atoms with Gasteiger partial charge in [0.15, 0.2) is 0 Å². The van der Waals surface area contributed by atoms with Crippen molar-refractivity contribution in [1.82, 2.24) is 9.61 Å². The number of nitrogens with two attached hydrogens (primary N) is 1. The number of carbonyl (C=O) groups excluding carboxylic acids is 1. The molecule has 2 heterocycles. The maximum absolute atomic E-state index is 11.9. The van der Waals surface area contributed by atoms with Crippen LogP contribution < -0.4 is 11.1 Å². The first kappa shape index (κ1) is 18.5. The Balaban J connectivity index is 1.72. The lowest BCUT2D eigenvalue weighted by molar-refractivity contribution is 0.0956. The number of nitrogens with zero attached hydrogens (tertiary/aromatic N) is 2. The van der Waals surface area contributed by atoms with E-state index in [1.807, 2.05) is 30.5 Å². The molecule has 146 valence electrons. The number of benzene rings is 1. The molecule has 1 amide bonds. The Labute approximate surface area is 162 Å². The van der Waals surface area contributed by atoms with Gasteiger partial charge in [-0.1, -0.05) is 31.0 Å². The van der Waals surface area contributed by atoms with Crippen LogP contribution in [0.3, 0.4) is 0 Å². The van der Waals surface area contributed by atoms with Crippen molar-refractivity contribution in [3.8, 4) is 11.1 Å². The van der Waals surface area contributed by atoms with Crippen LogP contribution in [0.4, 0.5) is 5.69 Å². The van der Waals surface area contributed by atoms with Crippen LogP contribution in [0.2, 0.25) is 0 Å². The molecule has 7 nitrogen and oxygen atoms in total. The van der Waals surface area contributed by atoms with Gasteiger partial charge in [-0.05, 0) is 35.6 Å². The molecule has 1 saturated carbocycles. The third kappa shape index (κ3) is 3.72. The van der Waals surface area contributed by atoms with Crippen LogP contribution in [0.5, 0.6) is 0 Å². The summed E-state index contributed by atoms with van der Waals surface area (Å²) in [4.78, 5) is 11.9. The van der Waals surface area contributed by atoms with Gasteiger partial charge in [0.1, 0.15) is 6.10 Å². The predicted molar refractivity (Wildman–Crippen MR) is 107 cm³/mol. The van der Waals surface area contributed by atoms with E-state index in [9.17, 15) is 15.0 Å². The number of aromatic nitrogens is 2. The first-order valence-corrected chi connectivity index (χ1v) is 9.51. The van der Waals surface area contributed by atoms with Crippen LogP contribution >= 0.6 is 0 Å². The first-order chi connectivity index (χ1) is 13.6. The summed E-state index contributed by atoms with van der Waals surface area (Å²) in [7, 11) is 0. The summed E-state index contributed by atoms with van der Waals surface area (Å²) in [6.07, 6.45) is 6.07. The molecule has 0 aliphatic heterocycles. The van der Waals surface area contributed by atoms with Gasteiger partial charge < -0.3 is 21.3 Å². The predicted octanol–water partition coefficient (Wildman–Crippen LogP) is 2.34. The summed E-state index contributed by atoms with van der Waals surface area (Å²) in [6, 6.07) is 9.32. The van der Waals surface area contributed by atoms with E-state index in [-0.39, 0.29) is 6.61 Å². The molecule has 1 aliphatic carbocycles. The number of amides is 1. The number of hydrogen-bond donors (Lipinski definition) is 4. The molecule has 3 aromatic rings. The van der Waals surface area contributed by atoms with Crippen LogP contribution in [0.15, 0.2) is 42.7 Å². The van der Waals surface area contributed by atoms with Crippen molar-refractivity contribution in [2.75, 3.05) is 18.5 Å². The van der Waals surface area contributed by atoms with E-state index < -0.39 is 12.0 Å². The van der Waals surface area contributed by atoms with E-state index in [1.54, 1.807) is 10.6 Å². The van der Waals surface area contributed by atoms with Gasteiger partial charge in [0.25, 0.3) is 5.91 Å². The van der Waals surface area contributed by atoms with Crippen LogP contribution in [0, 0.1) is 5.92 Å². The molecule has 0 bridgehead atoms. The van der Waals surface area contributed by atoms with E-state index in [0.29, 0.717) is 16.8 Å². The average molecular weight is 380 g/mol. The zero-order valence-electron chi connectivity index (χ0n) is 15.5. The Morgan fingerprint density at radius 3 is 2.86 bits per heavy atom. The number of carbonyl (C=O) groups is 1. The van der Waals surface area contributed by atoms with Gasteiger partial charge in [-0.2, -0.15) is 5.10 Å². The zero-order chi connectivity index (χ0) is 19.7. The van der Waals surface area contributed by atoms with Crippen LogP contribution in [0.25, 0.3) is 16.6 Å². The molecular formula is C21H24N4O3. The molecular weight excluding hydrogens is 356 g/mol. The SMILES string of the molecule is NC(=O)c1cnn2cc(-c3cccc(C(O)CO)c3)cc2c1NCCC1CC1. The van der Waals surface area contributed by atoms with Crippen LogP contribution in [0.1, 0.15) is 41.3 Å². The molecule has 4 rings (SSSR count). The number of primary amides is 1. The molecule has 28 heavy (non-hydrogen) atoms. The number of aliphatic hydroxyl groups is 2. The highest BCUT2D eigenvalue weighted by atomic mass is 16.3. The monoisotopic (exact) mass is 380 g/mol. The lowest BCUT2D eigenvalue weighted by Gasteiger charge is -2.11. The normalized spacial score (nSPS) is 14.9. The standard InChI is InChI=1S/C21H24N4O3/c22-21(28)17-10-24-25-11-16(14-2-1-3-15(8-14)19(27)12-26)9-18(25)20(17)23-7-6-13-4-5-13/h1-3,8-11,13,19,23,26-27H,4-7,12H2,(H2,22,28). The minimum atomic E-state index is -0.920. The van der Waals surface area contributed by atoms with E-state index >= 15 is 0 Å². The number of hydrogen-bond acceptors (Lipinski definition) is 5. The van der Waals surface area contributed by atoms with Crippen LogP contribution in [-0.2, 0) is 0 Å². The maximum Gasteiger partial charge on any atom is 0.252 e. The molecule has 2 aromatic heterocycles. The van der Waals surface area contributed by atoms with Crippen molar-refractivity contribution in [3.63, 3.8) is 0 Å². The zero-order valence-corrected chi connectivity index (χ0v) is 15.5. The number of aliphatic hydroxyl groups excluding tert-OH is 2. The summed E-state index contributed by atoms with van der Waals surface area (Å²) in [6.45, 7) is 0.448. The Kier molecular flexibility index (Phi) is 5.02.